The number of hydrogen-bond acceptors (Lipinski definition) is 23. The van der Waals surface area contributed by atoms with Gasteiger partial charge in [-0.05, 0) is 108 Å². The lowest BCUT2D eigenvalue weighted by Gasteiger charge is -2.41. The molecule has 4 heterocycles. The lowest BCUT2D eigenvalue weighted by Crippen LogP contribution is -2.64. The molecule has 18 N–H and O–H groups in total. The molecule has 0 spiro atoms. The standard InChI is InChI=1S/C92H116F3N17O23S/c1-7-8-20-69-91(132)112-33-35-135-47-73(112)87(128)105-66(43-77(119)120)84(125)107-79(50(2)3)92(133)109(5)70(40-51-15-10-9-11-16-51)85(126)102-63(29-30-76(117)118)89(130)111-32-34-134-46-72(111)86(127)104-65(42-55-44-98-61-18-13-12-17-58(55)61)83(124)103-64(38-52-21-25-56(113)26-22-52)82(123)101-62(19-14-31-96)81(122)106-68(80(121)99-45-74(97)115)48-136-49-75(116)100-67(39-54-36-59(93)78(95)60(94)37-54)88(129)110(6)71(90(131)108(69)4)41-53-23-27-57(114)28-24-53/h9-13,15-18,21-28,36-37,44,50,62-73,79,98,113-114H,7-8,14,19-20,29-35,38-43,45-49,96H2,1-6H3,(H2,97,115)(H,99,121)(H,100,116)(H,101,123)(H,102,126)(H,103,124)(H,104,127)(H,105,128)(H,106,122)(H,107,125)(H,117,118)(H,119,120)/t62-,63-,64-,65?,66-,67-,68-,69-,70-,71-,72+,73+,79-/m0/s1. The third kappa shape index (κ3) is 29.6. The third-order valence-electron chi connectivity index (χ3n) is 23.5. The van der Waals surface area contributed by atoms with Gasteiger partial charge < -0.3 is 119 Å². The van der Waals surface area contributed by atoms with E-state index in [0.29, 0.717) is 57.9 Å². The summed E-state index contributed by atoms with van der Waals surface area (Å²) in [5.74, 6) is -27.2. The number of fused-ring (bicyclic) bond motifs is 3. The van der Waals surface area contributed by atoms with E-state index in [1.165, 1.54) is 76.5 Å². The Labute approximate surface area is 785 Å². The second-order valence-electron chi connectivity index (χ2n) is 33.7. The number of aromatic amines is 1. The number of aromatic nitrogens is 1. The molecule has 0 saturated carbocycles. The van der Waals surface area contributed by atoms with Crippen molar-refractivity contribution in [2.24, 2.45) is 17.4 Å². The quantitative estimate of drug-likeness (QED) is 0.0324. The summed E-state index contributed by atoms with van der Waals surface area (Å²) in [6.07, 6.45) is -3.18. The van der Waals surface area contributed by atoms with E-state index in [9.17, 15) is 63.2 Å². The largest absolute Gasteiger partial charge is 0.508 e. The first-order valence-corrected chi connectivity index (χ1v) is 45.5. The van der Waals surface area contributed by atoms with Crippen molar-refractivity contribution in [3.8, 4) is 11.5 Å². The predicted octanol–water partition coefficient (Wildman–Crippen LogP) is -0.403. The average Bonchev–Trinajstić information content (AvgIpc) is 0.938. The number of H-pyrrole nitrogens is 1. The zero-order chi connectivity index (χ0) is 99.3. The molecule has 734 valence electrons. The molecular weight excluding hydrogens is 1800 g/mol. The number of aromatic hydroxyl groups is 2. The molecular formula is C92H116F3N17O23S. The maximum Gasteiger partial charge on any atom is 0.305 e. The zero-order valence-electron chi connectivity index (χ0n) is 75.9. The Kier molecular flexibility index (Phi) is 39.4. The number of amides is 15. The first-order chi connectivity index (χ1) is 64.7. The van der Waals surface area contributed by atoms with Crippen LogP contribution in [0.1, 0.15) is 100.0 Å². The Hall–Kier alpha value is -13.8. The molecule has 3 aliphatic heterocycles. The fraction of sp³-hybridized carbons (Fsp3) is 0.467. The number of primary amides is 1. The number of thioether (sulfide) groups is 1. The predicted molar refractivity (Wildman–Crippen MR) is 485 cm³/mol. The second-order valence-corrected chi connectivity index (χ2v) is 34.8. The van der Waals surface area contributed by atoms with Gasteiger partial charge in [-0.3, -0.25) is 81.5 Å². The van der Waals surface area contributed by atoms with Gasteiger partial charge in [-0.15, -0.1) is 11.8 Å². The van der Waals surface area contributed by atoms with E-state index in [-0.39, 0.29) is 81.9 Å². The highest BCUT2D eigenvalue weighted by atomic mass is 32.2. The van der Waals surface area contributed by atoms with Crippen molar-refractivity contribution in [1.82, 2.24) is 77.3 Å². The number of carbonyl (C=O) groups excluding carboxylic acids is 15. The molecule has 0 bridgehead atoms. The number of morpholine rings is 2. The highest BCUT2D eigenvalue weighted by molar-refractivity contribution is 8.00. The molecule has 5 aromatic carbocycles. The Morgan fingerprint density at radius 1 is 0.515 bits per heavy atom. The number of carboxylic acids is 2. The number of phenols is 2. The number of rotatable bonds is 25. The van der Waals surface area contributed by atoms with Crippen molar-refractivity contribution in [3.63, 3.8) is 0 Å². The Balaban J connectivity index is 1.15. The Morgan fingerprint density at radius 2 is 1.03 bits per heavy atom. The van der Waals surface area contributed by atoms with Crippen LogP contribution in [0.3, 0.4) is 0 Å². The van der Waals surface area contributed by atoms with Crippen molar-refractivity contribution in [2.45, 2.75) is 183 Å². The van der Waals surface area contributed by atoms with Crippen LogP contribution in [0.2, 0.25) is 0 Å². The van der Waals surface area contributed by atoms with Crippen molar-refractivity contribution in [2.75, 3.05) is 85.3 Å². The van der Waals surface area contributed by atoms with Crippen molar-refractivity contribution in [1.29, 1.82) is 0 Å². The fourth-order valence-electron chi connectivity index (χ4n) is 15.9. The highest BCUT2D eigenvalue weighted by Crippen LogP contribution is 2.27. The minimum atomic E-state index is -2.05. The highest BCUT2D eigenvalue weighted by Gasteiger charge is 2.46. The molecule has 13 atom stereocenters. The second kappa shape index (κ2) is 50.5. The number of nitrogens with two attached hydrogens (primary N) is 2. The lowest BCUT2D eigenvalue weighted by molar-refractivity contribution is -0.158. The zero-order valence-corrected chi connectivity index (χ0v) is 76.7. The molecule has 0 radical (unpaired) electrons. The van der Waals surface area contributed by atoms with E-state index in [4.69, 9.17) is 20.9 Å². The summed E-state index contributed by atoms with van der Waals surface area (Å²) < 4.78 is 56.7. The molecule has 40 nitrogen and oxygen atoms in total. The molecule has 3 saturated heterocycles. The van der Waals surface area contributed by atoms with E-state index >= 15 is 51.9 Å². The number of phenolic OH excluding ortho intramolecular Hbond substituents is 2. The van der Waals surface area contributed by atoms with E-state index in [0.717, 1.165) is 31.5 Å². The van der Waals surface area contributed by atoms with Gasteiger partial charge in [0.1, 0.15) is 90.0 Å². The van der Waals surface area contributed by atoms with Crippen LogP contribution >= 0.6 is 11.8 Å². The number of unbranched alkanes of at least 4 members (excludes halogenated alkanes) is 1. The van der Waals surface area contributed by atoms with Crippen LogP contribution in [0.5, 0.6) is 11.5 Å². The SMILES string of the molecule is CCCC[C@H]1C(=O)N2CCOC[C@@H]2C(=O)N[C@@H](CC(=O)O)C(=O)N[C@@H](C(C)C)C(=O)N(C)[C@@H](Cc2ccccc2)C(=O)N[C@@H](CCC(=O)O)C(=O)N2CCOC[C@@H]2C(=O)NC(Cc2c[nH]c3ccccc23)C(=O)N[C@@H](Cc2ccc(O)cc2)C(=O)N[C@@H](CCCN)C(=O)N[C@H](C(=O)NCC(N)=O)CSCC(=O)N[C@@H](Cc2cc(F)c(F)c(F)c2)C(=O)N(C)[C@@H](Cc2ccc(O)cc2)C(=O)N1C. The van der Waals surface area contributed by atoms with E-state index in [2.05, 4.69) is 52.8 Å². The smallest absolute Gasteiger partial charge is 0.305 e. The molecule has 136 heavy (non-hydrogen) atoms. The maximum absolute atomic E-state index is 15.7. The number of likely N-dealkylation sites (N-methyl/N-ethyl adjacent to an activating group) is 3. The summed E-state index contributed by atoms with van der Waals surface area (Å²) in [6, 6.07) is 4.12. The van der Waals surface area contributed by atoms with Crippen LogP contribution in [0.25, 0.3) is 10.9 Å². The fourth-order valence-corrected chi connectivity index (χ4v) is 16.8. The molecule has 3 fully saturated rings. The molecule has 9 rings (SSSR count). The van der Waals surface area contributed by atoms with E-state index in [1.807, 2.05) is 0 Å². The van der Waals surface area contributed by atoms with E-state index < -0.39 is 284 Å². The van der Waals surface area contributed by atoms with Gasteiger partial charge in [0.2, 0.25) is 88.6 Å². The number of carboxylic acid groups (broad SMARTS) is 2. The maximum atomic E-state index is 15.7. The van der Waals surface area contributed by atoms with Gasteiger partial charge >= 0.3 is 11.9 Å². The van der Waals surface area contributed by atoms with Crippen LogP contribution in [0.4, 0.5) is 13.2 Å². The van der Waals surface area contributed by atoms with Crippen LogP contribution in [0.15, 0.2) is 121 Å². The number of benzene rings is 5. The summed E-state index contributed by atoms with van der Waals surface area (Å²) >= 11 is 0.620. The summed E-state index contributed by atoms with van der Waals surface area (Å²) in [7, 11) is 3.54. The van der Waals surface area contributed by atoms with Gasteiger partial charge in [-0.25, -0.2) is 13.2 Å². The summed E-state index contributed by atoms with van der Waals surface area (Å²) in [5.41, 5.74) is 13.0. The van der Waals surface area contributed by atoms with Gasteiger partial charge in [0.25, 0.3) is 0 Å². The van der Waals surface area contributed by atoms with Crippen LogP contribution in [-0.2, 0) is 123 Å². The summed E-state index contributed by atoms with van der Waals surface area (Å²) in [4.78, 5) is 258. The normalized spacial score (nSPS) is 23.4. The number of nitrogens with zero attached hydrogens (tertiary/aromatic N) is 5. The lowest BCUT2D eigenvalue weighted by atomic mass is 9.98. The number of ether oxygens (including phenoxy) is 2. The van der Waals surface area contributed by atoms with Gasteiger partial charge in [0, 0.05) is 95.6 Å². The molecule has 0 aliphatic carbocycles. The molecule has 1 aromatic heterocycles. The van der Waals surface area contributed by atoms with E-state index in [1.54, 1.807) is 67.7 Å². The molecule has 6 aromatic rings. The van der Waals surface area contributed by atoms with Crippen LogP contribution in [0, 0.1) is 23.4 Å². The number of hydrogen-bond donors (Lipinski definition) is 16. The van der Waals surface area contributed by atoms with Crippen LogP contribution < -0.4 is 59.3 Å². The topological polar surface area (TPSA) is 582 Å². The molecule has 15 amide bonds. The Bertz CT molecular complexity index is 5270. The Morgan fingerprint density at radius 3 is 1.62 bits per heavy atom. The summed E-state index contributed by atoms with van der Waals surface area (Å²) in [6.45, 7) is 1.48. The first kappa shape index (κ1) is 106. The number of nitrogens with one attached hydrogen (secondary N) is 10. The van der Waals surface area contributed by atoms with Crippen molar-refractivity contribution >= 4 is 123 Å². The molecule has 3 aliphatic rings. The number of carbonyl (C=O) groups is 17. The number of halogens is 3. The van der Waals surface area contributed by atoms with Crippen molar-refractivity contribution in [3.05, 3.63) is 167 Å². The van der Waals surface area contributed by atoms with Gasteiger partial charge in [-0.1, -0.05) is 106 Å². The summed E-state index contributed by atoms with van der Waals surface area (Å²) in [5, 5.41) is 64.9. The third-order valence-corrected chi connectivity index (χ3v) is 24.5. The van der Waals surface area contributed by atoms with Gasteiger partial charge in [0.15, 0.2) is 17.5 Å². The molecule has 1 unspecified atom stereocenters. The number of aliphatic carboxylic acids is 2. The molecule has 44 heteroatoms. The van der Waals surface area contributed by atoms with Crippen LogP contribution in [-0.4, -0.2) is 314 Å². The minimum Gasteiger partial charge on any atom is -0.508 e. The number of para-hydroxylation sites is 1. The van der Waals surface area contributed by atoms with Gasteiger partial charge in [-0.2, -0.15) is 0 Å². The first-order valence-electron chi connectivity index (χ1n) is 44.3. The van der Waals surface area contributed by atoms with Gasteiger partial charge in [0.05, 0.1) is 45.1 Å². The monoisotopic (exact) mass is 1920 g/mol. The minimum absolute atomic E-state index is 0.00477. The average molecular weight is 1920 g/mol. The van der Waals surface area contributed by atoms with Crippen molar-refractivity contribution < 1.29 is 125 Å².